The van der Waals surface area contributed by atoms with Gasteiger partial charge in [0, 0.05) is 18.8 Å². The number of hydrogen-bond donors (Lipinski definition) is 2. The van der Waals surface area contributed by atoms with E-state index in [9.17, 15) is 4.79 Å². The third-order valence-corrected chi connectivity index (χ3v) is 2.74. The topological polar surface area (TPSA) is 76.4 Å². The van der Waals surface area contributed by atoms with Gasteiger partial charge in [-0.25, -0.2) is 0 Å². The zero-order valence-corrected chi connectivity index (χ0v) is 12.8. The van der Waals surface area contributed by atoms with Crippen molar-refractivity contribution in [1.82, 2.24) is 15.1 Å². The first kappa shape index (κ1) is 16.7. The number of aliphatic hydroxyl groups excluding tert-OH is 1. The van der Waals surface area contributed by atoms with Crippen LogP contribution in [0.4, 0.5) is 0 Å². The zero-order chi connectivity index (χ0) is 15.2. The number of hydrogen-bond acceptors (Lipinski definition) is 4. The molecule has 0 radical (unpaired) electrons. The highest BCUT2D eigenvalue weighted by Crippen LogP contribution is 2.16. The van der Waals surface area contributed by atoms with Crippen LogP contribution in [0.25, 0.3) is 0 Å². The molecule has 1 heterocycles. The molecule has 1 amide bonds. The average molecular weight is 283 g/mol. The number of nitrogens with zero attached hydrogens (tertiary/aromatic N) is 2. The van der Waals surface area contributed by atoms with Gasteiger partial charge in [-0.15, -0.1) is 0 Å². The summed E-state index contributed by atoms with van der Waals surface area (Å²) in [5.41, 5.74) is 1.27. The summed E-state index contributed by atoms with van der Waals surface area (Å²) >= 11 is 0. The Bertz CT molecular complexity index is 435. The van der Waals surface area contributed by atoms with Gasteiger partial charge in [0.15, 0.2) is 0 Å². The van der Waals surface area contributed by atoms with Crippen molar-refractivity contribution in [2.24, 2.45) is 0 Å². The lowest BCUT2D eigenvalue weighted by atomic mass is 10.1. The van der Waals surface area contributed by atoms with E-state index in [2.05, 4.69) is 10.4 Å². The Kier molecular flexibility index (Phi) is 6.16. The van der Waals surface area contributed by atoms with E-state index in [1.807, 2.05) is 32.4 Å². The van der Waals surface area contributed by atoms with Crippen LogP contribution in [0.1, 0.15) is 43.4 Å². The standard InChI is InChI=1S/C14H25N3O3/c1-11-10-12(16-17(11)14(2,3)4)13(19)15-6-5-8-20-9-7-18/h10,18H,5-9H2,1-4H3,(H,15,19). The van der Waals surface area contributed by atoms with Gasteiger partial charge in [0.2, 0.25) is 0 Å². The van der Waals surface area contributed by atoms with Crippen molar-refractivity contribution >= 4 is 5.91 Å². The van der Waals surface area contributed by atoms with Crippen molar-refractivity contribution in [3.05, 3.63) is 17.5 Å². The molecule has 20 heavy (non-hydrogen) atoms. The molecule has 0 spiro atoms. The number of aliphatic hydroxyl groups is 1. The predicted octanol–water partition coefficient (Wildman–Crippen LogP) is 1.08. The van der Waals surface area contributed by atoms with E-state index < -0.39 is 0 Å². The summed E-state index contributed by atoms with van der Waals surface area (Å²) in [6, 6.07) is 1.79. The van der Waals surface area contributed by atoms with Crippen LogP contribution in [0.3, 0.4) is 0 Å². The Morgan fingerprint density at radius 2 is 2.15 bits per heavy atom. The molecule has 0 saturated heterocycles. The van der Waals surface area contributed by atoms with E-state index in [1.54, 1.807) is 6.07 Å². The van der Waals surface area contributed by atoms with Crippen LogP contribution >= 0.6 is 0 Å². The van der Waals surface area contributed by atoms with Crippen LogP contribution in [0.5, 0.6) is 0 Å². The van der Waals surface area contributed by atoms with Crippen LogP contribution in [0, 0.1) is 6.92 Å². The van der Waals surface area contributed by atoms with Crippen molar-refractivity contribution in [2.45, 2.75) is 39.7 Å². The van der Waals surface area contributed by atoms with E-state index in [0.717, 1.165) is 5.69 Å². The summed E-state index contributed by atoms with van der Waals surface area (Å²) < 4.78 is 6.97. The number of ether oxygens (including phenoxy) is 1. The first-order chi connectivity index (χ1) is 9.36. The molecule has 0 bridgehead atoms. The van der Waals surface area contributed by atoms with Gasteiger partial charge < -0.3 is 15.2 Å². The van der Waals surface area contributed by atoms with Gasteiger partial charge in [-0.05, 0) is 40.2 Å². The molecule has 114 valence electrons. The molecule has 0 aliphatic heterocycles. The van der Waals surface area contributed by atoms with Crippen LogP contribution in [-0.4, -0.2) is 47.2 Å². The van der Waals surface area contributed by atoms with Gasteiger partial charge >= 0.3 is 0 Å². The van der Waals surface area contributed by atoms with Crippen molar-refractivity contribution < 1.29 is 14.6 Å². The van der Waals surface area contributed by atoms with Gasteiger partial charge in [0.25, 0.3) is 5.91 Å². The third kappa shape index (κ3) is 4.94. The van der Waals surface area contributed by atoms with Gasteiger partial charge in [-0.3, -0.25) is 9.48 Å². The first-order valence-corrected chi connectivity index (χ1v) is 6.90. The fraction of sp³-hybridized carbons (Fsp3) is 0.714. The lowest BCUT2D eigenvalue weighted by molar-refractivity contribution is 0.0865. The van der Waals surface area contributed by atoms with E-state index in [0.29, 0.717) is 31.9 Å². The molecular formula is C14H25N3O3. The fourth-order valence-electron chi connectivity index (χ4n) is 1.90. The lowest BCUT2D eigenvalue weighted by Crippen LogP contribution is -2.28. The van der Waals surface area contributed by atoms with Crippen LogP contribution < -0.4 is 5.32 Å². The molecule has 0 fully saturated rings. The lowest BCUT2D eigenvalue weighted by Gasteiger charge is -2.21. The normalized spacial score (nSPS) is 11.7. The number of carbonyl (C=O) groups is 1. The maximum atomic E-state index is 12.0. The largest absolute Gasteiger partial charge is 0.394 e. The molecule has 0 aliphatic carbocycles. The van der Waals surface area contributed by atoms with Crippen molar-refractivity contribution in [1.29, 1.82) is 0 Å². The molecule has 1 aromatic heterocycles. The number of rotatable bonds is 7. The molecule has 0 unspecified atom stereocenters. The quantitative estimate of drug-likeness (QED) is 0.734. The number of carbonyl (C=O) groups excluding carboxylic acids is 1. The van der Waals surface area contributed by atoms with E-state index in [4.69, 9.17) is 9.84 Å². The molecule has 1 rings (SSSR count). The minimum absolute atomic E-state index is 0.0237. The first-order valence-electron chi connectivity index (χ1n) is 6.90. The number of aromatic nitrogens is 2. The maximum Gasteiger partial charge on any atom is 0.271 e. The van der Waals surface area contributed by atoms with Crippen LogP contribution in [0.15, 0.2) is 6.07 Å². The molecule has 0 aromatic carbocycles. The number of nitrogens with one attached hydrogen (secondary N) is 1. The third-order valence-electron chi connectivity index (χ3n) is 2.74. The summed E-state index contributed by atoms with van der Waals surface area (Å²) in [4.78, 5) is 12.0. The fourth-order valence-corrected chi connectivity index (χ4v) is 1.90. The second-order valence-corrected chi connectivity index (χ2v) is 5.70. The zero-order valence-electron chi connectivity index (χ0n) is 12.8. The molecule has 2 N–H and O–H groups in total. The number of amides is 1. The van der Waals surface area contributed by atoms with Crippen molar-refractivity contribution in [3.8, 4) is 0 Å². The average Bonchev–Trinajstić information content (AvgIpc) is 2.75. The predicted molar refractivity (Wildman–Crippen MR) is 76.8 cm³/mol. The van der Waals surface area contributed by atoms with Gasteiger partial charge in [0.1, 0.15) is 5.69 Å². The minimum Gasteiger partial charge on any atom is -0.394 e. The molecule has 0 saturated carbocycles. The summed E-state index contributed by atoms with van der Waals surface area (Å²) in [6.07, 6.45) is 0.713. The van der Waals surface area contributed by atoms with Gasteiger partial charge in [-0.2, -0.15) is 5.10 Å². The second kappa shape index (κ2) is 7.40. The Hall–Kier alpha value is -1.40. The highest BCUT2D eigenvalue weighted by molar-refractivity contribution is 5.92. The van der Waals surface area contributed by atoms with Crippen LogP contribution in [-0.2, 0) is 10.3 Å². The van der Waals surface area contributed by atoms with E-state index in [-0.39, 0.29) is 18.1 Å². The molecule has 1 aromatic rings. The Morgan fingerprint density at radius 1 is 1.45 bits per heavy atom. The highest BCUT2D eigenvalue weighted by Gasteiger charge is 2.19. The highest BCUT2D eigenvalue weighted by atomic mass is 16.5. The molecule has 0 aliphatic rings. The Labute approximate surface area is 120 Å². The monoisotopic (exact) mass is 283 g/mol. The summed E-state index contributed by atoms with van der Waals surface area (Å²) in [5, 5.41) is 15.7. The summed E-state index contributed by atoms with van der Waals surface area (Å²) in [6.45, 7) is 9.51. The minimum atomic E-state index is -0.168. The summed E-state index contributed by atoms with van der Waals surface area (Å²) in [7, 11) is 0. The second-order valence-electron chi connectivity index (χ2n) is 5.70. The van der Waals surface area contributed by atoms with Gasteiger partial charge in [0.05, 0.1) is 18.8 Å². The van der Waals surface area contributed by atoms with Crippen molar-refractivity contribution in [3.63, 3.8) is 0 Å². The molecule has 6 nitrogen and oxygen atoms in total. The van der Waals surface area contributed by atoms with Crippen LogP contribution in [0.2, 0.25) is 0 Å². The summed E-state index contributed by atoms with van der Waals surface area (Å²) in [5.74, 6) is -0.168. The van der Waals surface area contributed by atoms with E-state index >= 15 is 0 Å². The molecular weight excluding hydrogens is 258 g/mol. The number of aryl methyl sites for hydroxylation is 1. The Morgan fingerprint density at radius 3 is 2.70 bits per heavy atom. The van der Waals surface area contributed by atoms with Crippen molar-refractivity contribution in [2.75, 3.05) is 26.4 Å². The molecule has 6 heteroatoms. The van der Waals surface area contributed by atoms with Gasteiger partial charge in [-0.1, -0.05) is 0 Å². The SMILES string of the molecule is Cc1cc(C(=O)NCCCOCCO)nn1C(C)(C)C. The smallest absolute Gasteiger partial charge is 0.271 e. The molecule has 0 atom stereocenters. The Balaban J connectivity index is 2.44. The maximum absolute atomic E-state index is 12.0. The van der Waals surface area contributed by atoms with E-state index in [1.165, 1.54) is 0 Å².